The van der Waals surface area contributed by atoms with Crippen molar-refractivity contribution in [3.8, 4) is 11.5 Å². The molecule has 0 radical (unpaired) electrons. The fraction of sp³-hybridized carbons (Fsp3) is 0.417. The highest BCUT2D eigenvalue weighted by molar-refractivity contribution is 7.89. The lowest BCUT2D eigenvalue weighted by atomic mass is 9.99. The van der Waals surface area contributed by atoms with Crippen molar-refractivity contribution in [2.24, 2.45) is 5.92 Å². The Labute approximate surface area is 199 Å². The van der Waals surface area contributed by atoms with Crippen LogP contribution in [0.3, 0.4) is 0 Å². The summed E-state index contributed by atoms with van der Waals surface area (Å²) in [5, 5.41) is 5.65. The van der Waals surface area contributed by atoms with Gasteiger partial charge in [0.2, 0.25) is 15.9 Å². The van der Waals surface area contributed by atoms with Crippen LogP contribution in [0, 0.1) is 12.8 Å². The zero-order chi connectivity index (χ0) is 24.5. The number of nitrogens with one attached hydrogen (secondary N) is 2. The molecule has 34 heavy (non-hydrogen) atoms. The van der Waals surface area contributed by atoms with Crippen molar-refractivity contribution in [3.63, 3.8) is 0 Å². The Morgan fingerprint density at radius 2 is 2.00 bits per heavy atom. The van der Waals surface area contributed by atoms with Gasteiger partial charge in [-0.2, -0.15) is 4.31 Å². The van der Waals surface area contributed by atoms with Gasteiger partial charge in [-0.05, 0) is 62.1 Å². The van der Waals surface area contributed by atoms with E-state index in [4.69, 9.17) is 9.47 Å². The van der Waals surface area contributed by atoms with Crippen LogP contribution < -0.4 is 20.1 Å². The molecule has 0 saturated carbocycles. The molecule has 2 N–H and O–H groups in total. The summed E-state index contributed by atoms with van der Waals surface area (Å²) in [4.78, 5) is 25.1. The summed E-state index contributed by atoms with van der Waals surface area (Å²) in [6.45, 7) is 3.94. The number of sulfonamides is 1. The van der Waals surface area contributed by atoms with Crippen molar-refractivity contribution >= 4 is 33.2 Å². The zero-order valence-electron chi connectivity index (χ0n) is 19.5. The van der Waals surface area contributed by atoms with Crippen LogP contribution in [0.15, 0.2) is 41.3 Å². The van der Waals surface area contributed by atoms with Crippen molar-refractivity contribution in [2.75, 3.05) is 30.8 Å². The summed E-state index contributed by atoms with van der Waals surface area (Å²) in [6.07, 6.45) is 0.990. The second kappa shape index (κ2) is 9.63. The molecule has 0 bridgehead atoms. The summed E-state index contributed by atoms with van der Waals surface area (Å²) in [7, 11) is -2.30. The predicted octanol–water partition coefficient (Wildman–Crippen LogP) is 3.15. The average molecular weight is 488 g/mol. The van der Waals surface area contributed by atoms with E-state index in [2.05, 4.69) is 10.6 Å². The number of carbonyl (C=O) groups excluding carboxylic acids is 2. The van der Waals surface area contributed by atoms with E-state index in [1.807, 2.05) is 6.92 Å². The van der Waals surface area contributed by atoms with E-state index in [1.54, 1.807) is 44.4 Å². The number of methoxy groups -OCH3 is 1. The number of hydrogen-bond donors (Lipinski definition) is 2. The molecule has 2 aliphatic heterocycles. The summed E-state index contributed by atoms with van der Waals surface area (Å²) in [5.41, 5.74) is 1.59. The molecule has 9 nitrogen and oxygen atoms in total. The Bertz CT molecular complexity index is 1200. The third kappa shape index (κ3) is 4.74. The van der Waals surface area contributed by atoms with Gasteiger partial charge in [-0.1, -0.05) is 6.92 Å². The van der Waals surface area contributed by atoms with Gasteiger partial charge in [0.1, 0.15) is 11.5 Å². The number of benzene rings is 2. The first kappa shape index (κ1) is 24.0. The van der Waals surface area contributed by atoms with Gasteiger partial charge in [-0.25, -0.2) is 8.42 Å². The van der Waals surface area contributed by atoms with E-state index in [0.29, 0.717) is 54.2 Å². The minimum absolute atomic E-state index is 0.0933. The maximum atomic E-state index is 13.5. The third-order valence-corrected chi connectivity index (χ3v) is 8.20. The van der Waals surface area contributed by atoms with Crippen LogP contribution in [0.5, 0.6) is 11.5 Å². The first-order valence-electron chi connectivity index (χ1n) is 11.3. The number of carbonyl (C=O) groups is 2. The minimum Gasteiger partial charge on any atom is -0.497 e. The number of rotatable bonds is 6. The Balaban J connectivity index is 1.52. The van der Waals surface area contributed by atoms with Gasteiger partial charge < -0.3 is 20.1 Å². The Morgan fingerprint density at radius 1 is 1.26 bits per heavy atom. The summed E-state index contributed by atoms with van der Waals surface area (Å²) in [5.74, 6) is 0.0861. The number of piperidine rings is 1. The Kier molecular flexibility index (Phi) is 6.81. The van der Waals surface area contributed by atoms with Crippen molar-refractivity contribution in [1.82, 2.24) is 4.31 Å². The SMILES string of the molecule is CC[C@@H]1Oc2cc(S(=O)(=O)N3CCC[C@H](C(=O)Nc4ccc(OC)cc4)C3)c(C)cc2NC1=O. The lowest BCUT2D eigenvalue weighted by Gasteiger charge is -2.32. The fourth-order valence-corrected chi connectivity index (χ4v) is 6.01. The Morgan fingerprint density at radius 3 is 2.68 bits per heavy atom. The minimum atomic E-state index is -3.87. The van der Waals surface area contributed by atoms with Crippen LogP contribution in [0.25, 0.3) is 0 Å². The van der Waals surface area contributed by atoms with Crippen LogP contribution in [0.2, 0.25) is 0 Å². The highest BCUT2D eigenvalue weighted by Gasteiger charge is 2.36. The number of anilines is 2. The molecule has 2 aromatic rings. The van der Waals surface area contributed by atoms with Crippen molar-refractivity contribution in [2.45, 2.75) is 44.1 Å². The molecule has 2 heterocycles. The Hall–Kier alpha value is -3.11. The second-order valence-electron chi connectivity index (χ2n) is 8.54. The molecule has 2 amide bonds. The van der Waals surface area contributed by atoms with E-state index in [1.165, 1.54) is 10.4 Å². The number of amides is 2. The third-order valence-electron chi connectivity index (χ3n) is 6.20. The van der Waals surface area contributed by atoms with Crippen molar-refractivity contribution in [1.29, 1.82) is 0 Å². The molecule has 0 aliphatic carbocycles. The molecule has 2 atom stereocenters. The molecule has 1 saturated heterocycles. The number of aryl methyl sites for hydroxylation is 1. The molecule has 2 aliphatic rings. The van der Waals surface area contributed by atoms with Gasteiger partial charge in [-0.15, -0.1) is 0 Å². The molecule has 0 spiro atoms. The highest BCUT2D eigenvalue weighted by Crippen LogP contribution is 2.36. The highest BCUT2D eigenvalue weighted by atomic mass is 32.2. The molecule has 10 heteroatoms. The monoisotopic (exact) mass is 487 g/mol. The molecule has 4 rings (SSSR count). The summed E-state index contributed by atoms with van der Waals surface area (Å²) < 4.78 is 39.3. The largest absolute Gasteiger partial charge is 0.497 e. The number of fused-ring (bicyclic) bond motifs is 1. The quantitative estimate of drug-likeness (QED) is 0.647. The van der Waals surface area contributed by atoms with E-state index in [9.17, 15) is 18.0 Å². The van der Waals surface area contributed by atoms with Gasteiger partial charge in [-0.3, -0.25) is 9.59 Å². The maximum Gasteiger partial charge on any atom is 0.265 e. The number of ether oxygens (including phenoxy) is 2. The van der Waals surface area contributed by atoms with Gasteiger partial charge in [0.15, 0.2) is 6.10 Å². The van der Waals surface area contributed by atoms with Crippen LogP contribution in [0.1, 0.15) is 31.7 Å². The van der Waals surface area contributed by atoms with Crippen molar-refractivity contribution < 1.29 is 27.5 Å². The van der Waals surface area contributed by atoms with E-state index < -0.39 is 22.0 Å². The molecular weight excluding hydrogens is 458 g/mol. The van der Waals surface area contributed by atoms with Crippen LogP contribution in [-0.4, -0.2) is 50.8 Å². The van der Waals surface area contributed by atoms with Crippen molar-refractivity contribution in [3.05, 3.63) is 42.0 Å². The smallest absolute Gasteiger partial charge is 0.265 e. The number of hydrogen-bond acceptors (Lipinski definition) is 6. The molecule has 0 unspecified atom stereocenters. The van der Waals surface area contributed by atoms with Crippen LogP contribution in [-0.2, 0) is 19.6 Å². The molecule has 182 valence electrons. The van der Waals surface area contributed by atoms with Crippen LogP contribution >= 0.6 is 0 Å². The van der Waals surface area contributed by atoms with Gasteiger partial charge in [0, 0.05) is 24.8 Å². The van der Waals surface area contributed by atoms with E-state index in [0.717, 1.165) is 0 Å². The molecular formula is C24H29N3O6S. The zero-order valence-corrected chi connectivity index (χ0v) is 20.3. The van der Waals surface area contributed by atoms with Crippen LogP contribution in [0.4, 0.5) is 11.4 Å². The standard InChI is InChI=1S/C24H29N3O6S/c1-4-20-24(29)26-19-12-15(2)22(13-21(19)33-20)34(30,31)27-11-5-6-16(14-27)23(28)25-17-7-9-18(32-3)10-8-17/h7-10,12-13,16,20H,4-6,11,14H2,1-3H3,(H,25,28)(H,26,29)/t16-,20-/m0/s1. The number of nitrogens with zero attached hydrogens (tertiary/aromatic N) is 1. The average Bonchev–Trinajstić information content (AvgIpc) is 2.83. The van der Waals surface area contributed by atoms with E-state index >= 15 is 0 Å². The topological polar surface area (TPSA) is 114 Å². The molecule has 0 aromatic heterocycles. The van der Waals surface area contributed by atoms with Gasteiger partial charge >= 0.3 is 0 Å². The maximum absolute atomic E-state index is 13.5. The first-order valence-corrected chi connectivity index (χ1v) is 12.7. The predicted molar refractivity (Wildman–Crippen MR) is 128 cm³/mol. The summed E-state index contributed by atoms with van der Waals surface area (Å²) >= 11 is 0. The molecule has 1 fully saturated rings. The normalized spacial score (nSPS) is 20.6. The van der Waals surface area contributed by atoms with E-state index in [-0.39, 0.29) is 23.3 Å². The lowest BCUT2D eigenvalue weighted by Crippen LogP contribution is -2.44. The fourth-order valence-electron chi connectivity index (χ4n) is 4.26. The van der Waals surface area contributed by atoms with Gasteiger partial charge in [0.25, 0.3) is 5.91 Å². The second-order valence-corrected chi connectivity index (χ2v) is 10.4. The summed E-state index contributed by atoms with van der Waals surface area (Å²) in [6, 6.07) is 10.1. The lowest BCUT2D eigenvalue weighted by molar-refractivity contribution is -0.123. The first-order chi connectivity index (χ1) is 16.2. The molecule has 2 aromatic carbocycles. The van der Waals surface area contributed by atoms with Gasteiger partial charge in [0.05, 0.1) is 23.6 Å².